The van der Waals surface area contributed by atoms with Crippen molar-refractivity contribution in [2.75, 3.05) is 97.2 Å². The topological polar surface area (TPSA) is 165 Å². The van der Waals surface area contributed by atoms with Gasteiger partial charge in [-0.3, -0.25) is 29.9 Å². The summed E-state index contributed by atoms with van der Waals surface area (Å²) < 4.78 is 17.6. The number of likely N-dealkylation sites (N-methyl/N-ethyl adjacent to an activating group) is 2. The quantitative estimate of drug-likeness (QED) is 0.0355. The first-order valence-corrected chi connectivity index (χ1v) is 30.7. The van der Waals surface area contributed by atoms with Crippen LogP contribution in [0.2, 0.25) is 0 Å². The molecule has 0 aliphatic carbocycles. The normalized spacial score (nSPS) is 15.6. The van der Waals surface area contributed by atoms with Gasteiger partial charge in [-0.25, -0.2) is 9.59 Å². The van der Waals surface area contributed by atoms with Crippen molar-refractivity contribution in [2.24, 2.45) is 5.92 Å². The van der Waals surface area contributed by atoms with E-state index in [1.54, 1.807) is 23.1 Å². The number of anilines is 2. The highest BCUT2D eigenvalue weighted by atomic mass is 16.6. The molecule has 462 valence electrons. The molecule has 3 fully saturated rings. The molecule has 9 rings (SSSR count). The average molecular weight is 1180 g/mol. The lowest BCUT2D eigenvalue weighted by Gasteiger charge is -2.32. The predicted molar refractivity (Wildman–Crippen MR) is 348 cm³/mol. The lowest BCUT2D eigenvalue weighted by molar-refractivity contribution is -0.132. The lowest BCUT2D eigenvalue weighted by atomic mass is 9.95. The third kappa shape index (κ3) is 21.7. The van der Waals surface area contributed by atoms with E-state index in [9.17, 15) is 24.0 Å². The van der Waals surface area contributed by atoms with Crippen LogP contribution in [0.25, 0.3) is 22.3 Å². The highest BCUT2D eigenvalue weighted by Gasteiger charge is 2.29. The fourth-order valence-corrected chi connectivity index (χ4v) is 10.8. The van der Waals surface area contributed by atoms with Gasteiger partial charge < -0.3 is 39.1 Å². The van der Waals surface area contributed by atoms with Crippen LogP contribution < -0.4 is 16.0 Å². The van der Waals surface area contributed by atoms with E-state index in [-0.39, 0.29) is 42.1 Å². The zero-order chi connectivity index (χ0) is 61.9. The van der Waals surface area contributed by atoms with E-state index in [2.05, 4.69) is 56.2 Å². The Kier molecular flexibility index (Phi) is 26.7. The number of likely N-dealkylation sites (tertiary alicyclic amines) is 3. The van der Waals surface area contributed by atoms with Crippen LogP contribution in [0, 0.1) is 5.92 Å². The smallest absolute Gasteiger partial charge is 0.411 e. The third-order valence-corrected chi connectivity index (χ3v) is 15.7. The number of hydrogen-bond acceptors (Lipinski definition) is 12. The maximum absolute atomic E-state index is 13.4. The zero-order valence-electron chi connectivity index (χ0n) is 51.8. The summed E-state index contributed by atoms with van der Waals surface area (Å²) in [5, 5.41) is 8.99. The minimum atomic E-state index is -0.628. The van der Waals surface area contributed by atoms with E-state index in [1.807, 2.05) is 173 Å². The second kappa shape index (κ2) is 35.0. The van der Waals surface area contributed by atoms with E-state index < -0.39 is 12.3 Å². The van der Waals surface area contributed by atoms with Crippen molar-refractivity contribution in [1.82, 2.24) is 29.8 Å². The van der Waals surface area contributed by atoms with Crippen LogP contribution in [0.3, 0.4) is 0 Å². The van der Waals surface area contributed by atoms with Crippen molar-refractivity contribution in [2.45, 2.75) is 90.4 Å². The fourth-order valence-electron chi connectivity index (χ4n) is 10.8. The van der Waals surface area contributed by atoms with Crippen molar-refractivity contribution >= 4 is 41.7 Å². The Bertz CT molecular complexity index is 3070. The number of nitrogens with one attached hydrogen (secondary N) is 3. The number of rotatable bonds is 21. The number of aldehydes is 1. The second-order valence-corrected chi connectivity index (χ2v) is 23.0. The number of carbonyl (C=O) groups is 5. The largest absolute Gasteiger partial charge is 0.446 e. The molecule has 0 spiro atoms. The number of carbonyl (C=O) groups excluding carboxylic acids is 5. The Morgan fingerprint density at radius 2 is 1.03 bits per heavy atom. The van der Waals surface area contributed by atoms with Gasteiger partial charge in [-0.1, -0.05) is 140 Å². The number of benzene rings is 6. The van der Waals surface area contributed by atoms with Crippen molar-refractivity contribution in [1.29, 1.82) is 0 Å². The van der Waals surface area contributed by atoms with Gasteiger partial charge in [0.05, 0.1) is 17.5 Å². The first-order chi connectivity index (χ1) is 42.2. The van der Waals surface area contributed by atoms with Gasteiger partial charge in [0.1, 0.15) is 18.5 Å². The molecule has 87 heavy (non-hydrogen) atoms. The number of para-hydroxylation sites is 2. The van der Waals surface area contributed by atoms with Crippen molar-refractivity contribution in [3.63, 3.8) is 0 Å². The van der Waals surface area contributed by atoms with E-state index in [0.717, 1.165) is 143 Å². The van der Waals surface area contributed by atoms with Gasteiger partial charge in [0.15, 0.2) is 6.23 Å². The van der Waals surface area contributed by atoms with E-state index in [1.165, 1.54) is 0 Å². The Morgan fingerprint density at radius 3 is 1.49 bits per heavy atom. The maximum Gasteiger partial charge on any atom is 0.411 e. The summed E-state index contributed by atoms with van der Waals surface area (Å²) in [6, 6.07) is 50.4. The molecule has 0 radical (unpaired) electrons. The van der Waals surface area contributed by atoms with Gasteiger partial charge >= 0.3 is 12.2 Å². The van der Waals surface area contributed by atoms with Crippen LogP contribution in [-0.4, -0.2) is 160 Å². The van der Waals surface area contributed by atoms with E-state index in [4.69, 9.17) is 14.2 Å². The molecule has 3 saturated heterocycles. The zero-order valence-corrected chi connectivity index (χ0v) is 51.8. The molecule has 3 aliphatic rings. The van der Waals surface area contributed by atoms with Crippen LogP contribution in [0.1, 0.15) is 97.4 Å². The number of nitrogens with zero attached hydrogens (tertiary/aromatic N) is 5. The summed E-state index contributed by atoms with van der Waals surface area (Å²) in [4.78, 5) is 74.0. The third-order valence-electron chi connectivity index (χ3n) is 15.7. The molecule has 3 aliphatic heterocycles. The molecule has 1 atom stereocenters. The summed E-state index contributed by atoms with van der Waals surface area (Å²) in [6.07, 6.45) is 5.57. The molecule has 0 saturated carbocycles. The van der Waals surface area contributed by atoms with Gasteiger partial charge in [-0.2, -0.15) is 0 Å². The molecule has 3 heterocycles. The van der Waals surface area contributed by atoms with Gasteiger partial charge in [0.2, 0.25) is 5.91 Å². The summed E-state index contributed by atoms with van der Waals surface area (Å²) in [7, 11) is 5.99. The van der Waals surface area contributed by atoms with E-state index >= 15 is 0 Å². The molecule has 16 heteroatoms. The van der Waals surface area contributed by atoms with Gasteiger partial charge in [-0.05, 0) is 127 Å². The Morgan fingerprint density at radius 1 is 0.586 bits per heavy atom. The monoisotopic (exact) mass is 1180 g/mol. The molecule has 3 N–H and O–H groups in total. The van der Waals surface area contributed by atoms with Crippen LogP contribution >= 0.6 is 0 Å². The number of allylic oxidation sites excluding steroid dienone is 1. The molecule has 16 nitrogen and oxygen atoms in total. The maximum atomic E-state index is 13.4. The SMILES string of the molecule is C=CC.CC(C)OC(NC(=O)C1CCN(Cc2ccc(C=O)cc2)CC1)c1ccc(C(=O)N(C)CCN2CCC(OC(=O)Nc3ccccc3-c3ccccc3)CC2)cc1.CN(C)CCN1CCC(OC(=O)Nc2ccccc2-c2ccccc2)CC1. The van der Waals surface area contributed by atoms with Gasteiger partial charge in [0, 0.05) is 99.7 Å². The minimum Gasteiger partial charge on any atom is -0.446 e. The average Bonchev–Trinajstić information content (AvgIpc) is 3.55. The molecule has 6 aromatic rings. The second-order valence-electron chi connectivity index (χ2n) is 23.0. The summed E-state index contributed by atoms with van der Waals surface area (Å²) in [5.41, 5.74) is 8.68. The fraction of sp³-hybridized carbons (Fsp3) is 0.394. The Balaban J connectivity index is 0.000000299. The van der Waals surface area contributed by atoms with Crippen molar-refractivity contribution < 1.29 is 38.2 Å². The van der Waals surface area contributed by atoms with Gasteiger partial charge in [0.25, 0.3) is 5.91 Å². The Hall–Kier alpha value is -7.99. The number of piperidine rings is 3. The van der Waals surface area contributed by atoms with Crippen LogP contribution in [-0.2, 0) is 25.5 Å². The molecule has 0 aromatic heterocycles. The van der Waals surface area contributed by atoms with Crippen LogP contribution in [0.15, 0.2) is 170 Å². The minimum absolute atomic E-state index is 0.00973. The summed E-state index contributed by atoms with van der Waals surface area (Å²) in [6.45, 7) is 18.4. The molecule has 4 amide bonds. The highest BCUT2D eigenvalue weighted by Crippen LogP contribution is 2.30. The van der Waals surface area contributed by atoms with Crippen molar-refractivity contribution in [3.05, 3.63) is 193 Å². The number of ether oxygens (including phenoxy) is 3. The van der Waals surface area contributed by atoms with Gasteiger partial charge in [-0.15, -0.1) is 6.58 Å². The lowest BCUT2D eigenvalue weighted by Crippen LogP contribution is -2.42. The van der Waals surface area contributed by atoms with Crippen molar-refractivity contribution in [3.8, 4) is 22.3 Å². The molecule has 6 aromatic carbocycles. The standard InChI is InChI=1S/C46H55N5O6.C22H29N3O2.C3H6/c1-33(2)56-44(48-43(53)37-21-25-51(26-22-37)31-34-13-15-35(32-52)16-14-34)38-17-19-39(20-18-38)45(54)49(3)29-30-50-27-23-40(24-28-50)57-46(55)47-42-12-8-7-11-41(42)36-9-5-4-6-10-36;1-24(2)16-17-25-14-12-19(13-15-25)27-22(26)23-21-11-7-6-10-20(21)18-8-4-3-5-9-18;1-3-2/h4-20,32-33,37,40,44H,21-31H2,1-3H3,(H,47,55)(H,48,53);3-11,19H,12-17H2,1-2H3,(H,23,26);3H,1H2,2H3. The number of amides is 4. The molecular formula is C71H90N8O8. The first kappa shape index (κ1) is 66.5. The summed E-state index contributed by atoms with van der Waals surface area (Å²) in [5.74, 6) is -0.222. The molecular weight excluding hydrogens is 1090 g/mol. The number of hydrogen-bond donors (Lipinski definition) is 3. The van der Waals surface area contributed by atoms with Crippen LogP contribution in [0.5, 0.6) is 0 Å². The molecule has 1 unspecified atom stereocenters. The van der Waals surface area contributed by atoms with Crippen LogP contribution in [0.4, 0.5) is 21.0 Å². The highest BCUT2D eigenvalue weighted by molar-refractivity contribution is 5.94. The van der Waals surface area contributed by atoms with E-state index in [0.29, 0.717) is 29.9 Å². The first-order valence-electron chi connectivity index (χ1n) is 30.7. The predicted octanol–water partition coefficient (Wildman–Crippen LogP) is 12.5. The molecule has 0 bridgehead atoms. The Labute approximate surface area is 515 Å². The summed E-state index contributed by atoms with van der Waals surface area (Å²) >= 11 is 0.